The summed E-state index contributed by atoms with van der Waals surface area (Å²) in [6.45, 7) is 0. The van der Waals surface area contributed by atoms with Crippen LogP contribution in [-0.4, -0.2) is 56.6 Å². The number of carbonyl (C=O) groups is 1. The Morgan fingerprint density at radius 2 is 1.61 bits per heavy atom. The molecule has 5 nitrogen and oxygen atoms in total. The summed E-state index contributed by atoms with van der Waals surface area (Å²) in [7, 11) is 5.10. The van der Waals surface area contributed by atoms with E-state index in [4.69, 9.17) is 14.2 Å². The Labute approximate surface area is 139 Å². The van der Waals surface area contributed by atoms with E-state index in [0.29, 0.717) is 12.8 Å². The van der Waals surface area contributed by atoms with Gasteiger partial charge in [-0.3, -0.25) is 4.79 Å². The lowest BCUT2D eigenvalue weighted by Crippen LogP contribution is -2.37. The van der Waals surface area contributed by atoms with Gasteiger partial charge in [0.15, 0.2) is 5.78 Å². The fraction of sp³-hybridized carbons (Fsp3) is 0.833. The normalized spacial score (nSPS) is 38.8. The first-order valence-electron chi connectivity index (χ1n) is 8.57. The molecule has 6 unspecified atom stereocenters. The highest BCUT2D eigenvalue weighted by atomic mass is 16.5. The van der Waals surface area contributed by atoms with Crippen molar-refractivity contribution in [1.82, 2.24) is 0 Å². The highest BCUT2D eigenvalue weighted by Gasteiger charge is 2.34. The third-order valence-corrected chi connectivity index (χ3v) is 5.40. The zero-order valence-corrected chi connectivity index (χ0v) is 14.4. The van der Waals surface area contributed by atoms with Crippen molar-refractivity contribution in [1.29, 1.82) is 0 Å². The number of hydrogen-bond donors (Lipinski definition) is 1. The summed E-state index contributed by atoms with van der Waals surface area (Å²) >= 11 is 0. The van der Waals surface area contributed by atoms with Crippen LogP contribution in [0.1, 0.15) is 38.5 Å². The number of allylic oxidation sites excluding steroid dienone is 1. The molecule has 2 saturated carbocycles. The van der Waals surface area contributed by atoms with E-state index in [1.807, 2.05) is 6.08 Å². The SMILES string of the molecule is COC1CCC(/C=C/C(=O)C2CC(OC)CCC2O)C(OC)C1. The maximum absolute atomic E-state index is 12.5. The lowest BCUT2D eigenvalue weighted by Gasteiger charge is -2.33. The summed E-state index contributed by atoms with van der Waals surface area (Å²) in [6.07, 6.45) is 8.29. The van der Waals surface area contributed by atoms with Gasteiger partial charge in [-0.15, -0.1) is 0 Å². The Hall–Kier alpha value is -0.750. The van der Waals surface area contributed by atoms with Crippen molar-refractivity contribution in [2.45, 2.75) is 62.9 Å². The second-order valence-corrected chi connectivity index (χ2v) is 6.71. The number of rotatable bonds is 6. The summed E-state index contributed by atoms with van der Waals surface area (Å²) in [4.78, 5) is 12.5. The molecule has 1 N–H and O–H groups in total. The van der Waals surface area contributed by atoms with Crippen LogP contribution in [0.3, 0.4) is 0 Å². The summed E-state index contributed by atoms with van der Waals surface area (Å²) < 4.78 is 16.3. The lowest BCUT2D eigenvalue weighted by molar-refractivity contribution is -0.126. The molecule has 2 aliphatic rings. The maximum Gasteiger partial charge on any atom is 0.161 e. The van der Waals surface area contributed by atoms with E-state index in [9.17, 15) is 9.90 Å². The number of aliphatic hydroxyl groups excluding tert-OH is 1. The highest BCUT2D eigenvalue weighted by molar-refractivity contribution is 5.92. The van der Waals surface area contributed by atoms with Crippen LogP contribution >= 0.6 is 0 Å². The molecule has 5 heteroatoms. The van der Waals surface area contributed by atoms with E-state index in [1.165, 1.54) is 0 Å². The molecule has 0 heterocycles. The van der Waals surface area contributed by atoms with Crippen LogP contribution in [0.25, 0.3) is 0 Å². The van der Waals surface area contributed by atoms with Crippen LogP contribution in [0.4, 0.5) is 0 Å². The molecule has 2 aliphatic carbocycles. The fourth-order valence-corrected chi connectivity index (χ4v) is 3.80. The number of hydrogen-bond acceptors (Lipinski definition) is 5. The summed E-state index contributed by atoms with van der Waals surface area (Å²) in [6, 6.07) is 0. The van der Waals surface area contributed by atoms with Crippen LogP contribution in [0.15, 0.2) is 12.2 Å². The Morgan fingerprint density at radius 3 is 2.26 bits per heavy atom. The van der Waals surface area contributed by atoms with Crippen molar-refractivity contribution < 1.29 is 24.1 Å². The maximum atomic E-state index is 12.5. The second-order valence-electron chi connectivity index (χ2n) is 6.71. The molecular formula is C18H30O5. The van der Waals surface area contributed by atoms with E-state index < -0.39 is 6.10 Å². The number of ketones is 1. The molecule has 0 aromatic rings. The van der Waals surface area contributed by atoms with E-state index in [2.05, 4.69) is 0 Å². The van der Waals surface area contributed by atoms with Crippen LogP contribution in [-0.2, 0) is 19.0 Å². The van der Waals surface area contributed by atoms with E-state index in [1.54, 1.807) is 27.4 Å². The van der Waals surface area contributed by atoms with Crippen molar-refractivity contribution in [2.24, 2.45) is 11.8 Å². The average molecular weight is 326 g/mol. The highest BCUT2D eigenvalue weighted by Crippen LogP contribution is 2.31. The first-order chi connectivity index (χ1) is 11.1. The first-order valence-corrected chi connectivity index (χ1v) is 8.57. The van der Waals surface area contributed by atoms with Crippen LogP contribution in [0, 0.1) is 11.8 Å². The zero-order valence-electron chi connectivity index (χ0n) is 14.4. The van der Waals surface area contributed by atoms with Gasteiger partial charge in [-0.05, 0) is 38.2 Å². The quantitative estimate of drug-likeness (QED) is 0.758. The molecule has 2 rings (SSSR count). The van der Waals surface area contributed by atoms with E-state index in [0.717, 1.165) is 25.7 Å². The first kappa shape index (κ1) is 18.6. The van der Waals surface area contributed by atoms with Gasteiger partial charge in [0.2, 0.25) is 0 Å². The van der Waals surface area contributed by atoms with Gasteiger partial charge in [-0.25, -0.2) is 0 Å². The molecule has 2 fully saturated rings. The molecule has 0 aliphatic heterocycles. The van der Waals surface area contributed by atoms with Crippen molar-refractivity contribution in [3.05, 3.63) is 12.2 Å². The molecule has 0 aromatic heterocycles. The standard InChI is InChI=1S/C18H30O5/c1-21-13-7-9-17(20)15(10-13)16(19)8-5-12-4-6-14(22-2)11-18(12)23-3/h5,8,12-15,17-18,20H,4,6-7,9-11H2,1-3H3/b8-5+. The Kier molecular flexibility index (Phi) is 7.21. The van der Waals surface area contributed by atoms with Gasteiger partial charge in [-0.1, -0.05) is 6.08 Å². The van der Waals surface area contributed by atoms with Crippen molar-refractivity contribution in [3.8, 4) is 0 Å². The van der Waals surface area contributed by atoms with Crippen LogP contribution in [0.2, 0.25) is 0 Å². The molecule has 0 aromatic carbocycles. The number of carbonyl (C=O) groups excluding carboxylic acids is 1. The third-order valence-electron chi connectivity index (χ3n) is 5.40. The minimum atomic E-state index is -0.555. The molecule has 0 amide bonds. The number of ether oxygens (including phenoxy) is 3. The van der Waals surface area contributed by atoms with E-state index >= 15 is 0 Å². The van der Waals surface area contributed by atoms with Crippen LogP contribution < -0.4 is 0 Å². The predicted octanol–water partition coefficient (Wildman–Crippen LogP) is 2.12. The molecule has 132 valence electrons. The average Bonchev–Trinajstić information content (AvgIpc) is 2.59. The predicted molar refractivity (Wildman–Crippen MR) is 87.2 cm³/mol. The zero-order chi connectivity index (χ0) is 16.8. The molecule has 23 heavy (non-hydrogen) atoms. The van der Waals surface area contributed by atoms with Gasteiger partial charge in [0.05, 0.1) is 30.3 Å². The largest absolute Gasteiger partial charge is 0.392 e. The molecule has 0 spiro atoms. The summed E-state index contributed by atoms with van der Waals surface area (Å²) in [5.41, 5.74) is 0. The molecule has 0 radical (unpaired) electrons. The van der Waals surface area contributed by atoms with Gasteiger partial charge in [-0.2, -0.15) is 0 Å². The smallest absolute Gasteiger partial charge is 0.161 e. The lowest BCUT2D eigenvalue weighted by atomic mass is 9.80. The number of methoxy groups -OCH3 is 3. The summed E-state index contributed by atoms with van der Waals surface area (Å²) in [5, 5.41) is 10.1. The minimum Gasteiger partial charge on any atom is -0.392 e. The topological polar surface area (TPSA) is 65.0 Å². The fourth-order valence-electron chi connectivity index (χ4n) is 3.80. The Morgan fingerprint density at radius 1 is 0.957 bits per heavy atom. The van der Waals surface area contributed by atoms with E-state index in [-0.39, 0.29) is 35.9 Å². The van der Waals surface area contributed by atoms with Crippen molar-refractivity contribution >= 4 is 5.78 Å². The third kappa shape index (κ3) is 4.86. The molecule has 0 saturated heterocycles. The Balaban J connectivity index is 1.94. The van der Waals surface area contributed by atoms with Gasteiger partial charge in [0, 0.05) is 33.7 Å². The van der Waals surface area contributed by atoms with Gasteiger partial charge >= 0.3 is 0 Å². The monoisotopic (exact) mass is 326 g/mol. The minimum absolute atomic E-state index is 0.00275. The second kappa shape index (κ2) is 8.92. The van der Waals surface area contributed by atoms with Crippen molar-refractivity contribution in [3.63, 3.8) is 0 Å². The summed E-state index contributed by atoms with van der Waals surface area (Å²) in [5.74, 6) is -0.112. The van der Waals surface area contributed by atoms with Gasteiger partial charge in [0.25, 0.3) is 0 Å². The Bertz CT molecular complexity index is 408. The van der Waals surface area contributed by atoms with Crippen LogP contribution in [0.5, 0.6) is 0 Å². The van der Waals surface area contributed by atoms with Gasteiger partial charge in [0.1, 0.15) is 0 Å². The van der Waals surface area contributed by atoms with Gasteiger partial charge < -0.3 is 19.3 Å². The molecule has 6 atom stereocenters. The van der Waals surface area contributed by atoms with Crippen molar-refractivity contribution in [2.75, 3.05) is 21.3 Å². The number of aliphatic hydroxyl groups is 1. The molecule has 0 bridgehead atoms. The molecular weight excluding hydrogens is 296 g/mol.